The van der Waals surface area contributed by atoms with Gasteiger partial charge < -0.3 is 4.42 Å². The number of aldehydes is 1. The maximum atomic E-state index is 10.3. The van der Waals surface area contributed by atoms with Crippen LogP contribution >= 0.6 is 0 Å². The zero-order valence-corrected chi connectivity index (χ0v) is 6.97. The third kappa shape index (κ3) is 1.35. The van der Waals surface area contributed by atoms with Gasteiger partial charge in [-0.2, -0.15) is 5.10 Å². The van der Waals surface area contributed by atoms with Crippen LogP contribution in [0.2, 0.25) is 0 Å². The number of aryl methyl sites for hydroxylation is 1. The molecule has 2 aromatic heterocycles. The lowest BCUT2D eigenvalue weighted by molar-refractivity contribution is 0.110. The fourth-order valence-corrected chi connectivity index (χ4v) is 1.01. The second-order valence-corrected chi connectivity index (χ2v) is 2.59. The molecular formula is C8H7N3O2. The van der Waals surface area contributed by atoms with Crippen molar-refractivity contribution in [2.45, 2.75) is 0 Å². The van der Waals surface area contributed by atoms with Crippen LogP contribution in [0.4, 0.5) is 0 Å². The van der Waals surface area contributed by atoms with Gasteiger partial charge in [-0.15, -0.1) is 0 Å². The Morgan fingerprint density at radius 3 is 2.92 bits per heavy atom. The second-order valence-electron chi connectivity index (χ2n) is 2.59. The predicted octanol–water partition coefficient (Wildman–Crippen LogP) is 0.888. The molecule has 2 heterocycles. The number of carbonyl (C=O) groups excluding carboxylic acids is 1. The number of nitrogens with zero attached hydrogens (tertiary/aromatic N) is 3. The minimum atomic E-state index is 0.221. The van der Waals surface area contributed by atoms with Crippen molar-refractivity contribution in [1.82, 2.24) is 14.8 Å². The molecule has 0 unspecified atom stereocenters. The quantitative estimate of drug-likeness (QED) is 0.639. The van der Waals surface area contributed by atoms with Crippen molar-refractivity contribution in [1.29, 1.82) is 0 Å². The molecule has 0 aromatic carbocycles. The number of hydrogen-bond donors (Lipinski definition) is 0. The van der Waals surface area contributed by atoms with Crippen LogP contribution in [0.5, 0.6) is 0 Å². The van der Waals surface area contributed by atoms with Crippen LogP contribution in [-0.2, 0) is 7.05 Å². The lowest BCUT2D eigenvalue weighted by Crippen LogP contribution is -1.84. The highest BCUT2D eigenvalue weighted by atomic mass is 16.4. The van der Waals surface area contributed by atoms with Crippen LogP contribution in [0, 0.1) is 0 Å². The summed E-state index contributed by atoms with van der Waals surface area (Å²) in [6.45, 7) is 0. The first-order chi connectivity index (χ1) is 6.29. The molecule has 0 spiro atoms. The zero-order chi connectivity index (χ0) is 9.26. The highest BCUT2D eigenvalue weighted by Gasteiger charge is 2.06. The van der Waals surface area contributed by atoms with Crippen LogP contribution in [-0.4, -0.2) is 21.1 Å². The molecule has 66 valence electrons. The van der Waals surface area contributed by atoms with Crippen LogP contribution < -0.4 is 0 Å². The molecule has 0 amide bonds. The molecule has 0 atom stereocenters. The third-order valence-electron chi connectivity index (χ3n) is 1.59. The minimum Gasteiger partial charge on any atom is -0.433 e. The van der Waals surface area contributed by atoms with Crippen molar-refractivity contribution < 1.29 is 9.21 Å². The largest absolute Gasteiger partial charge is 0.433 e. The molecule has 0 saturated heterocycles. The van der Waals surface area contributed by atoms with E-state index in [2.05, 4.69) is 10.1 Å². The van der Waals surface area contributed by atoms with Gasteiger partial charge in [0.25, 0.3) is 0 Å². The smallest absolute Gasteiger partial charge is 0.230 e. The SMILES string of the molecule is Cn1cc(-c2ncc(C=O)o2)cn1. The summed E-state index contributed by atoms with van der Waals surface area (Å²) >= 11 is 0. The first-order valence-corrected chi connectivity index (χ1v) is 3.69. The molecule has 0 bridgehead atoms. The third-order valence-corrected chi connectivity index (χ3v) is 1.59. The normalized spacial score (nSPS) is 10.2. The van der Waals surface area contributed by atoms with Crippen molar-refractivity contribution in [3.05, 3.63) is 24.4 Å². The van der Waals surface area contributed by atoms with Gasteiger partial charge in [0.2, 0.25) is 5.89 Å². The number of aromatic nitrogens is 3. The standard InChI is InChI=1S/C8H7N3O2/c1-11-4-6(2-10-11)8-9-3-7(5-12)13-8/h2-5H,1H3. The number of rotatable bonds is 2. The number of carbonyl (C=O) groups is 1. The molecule has 2 rings (SSSR count). The van der Waals surface area contributed by atoms with E-state index in [9.17, 15) is 4.79 Å². The Hall–Kier alpha value is -1.91. The van der Waals surface area contributed by atoms with Gasteiger partial charge >= 0.3 is 0 Å². The maximum absolute atomic E-state index is 10.3. The number of hydrogen-bond acceptors (Lipinski definition) is 4. The highest BCUT2D eigenvalue weighted by molar-refractivity contribution is 5.70. The fourth-order valence-electron chi connectivity index (χ4n) is 1.01. The van der Waals surface area contributed by atoms with Crippen molar-refractivity contribution in [3.8, 4) is 11.5 Å². The molecular weight excluding hydrogens is 170 g/mol. The monoisotopic (exact) mass is 177 g/mol. The van der Waals surface area contributed by atoms with Gasteiger partial charge in [-0.25, -0.2) is 4.98 Å². The highest BCUT2D eigenvalue weighted by Crippen LogP contribution is 2.16. The van der Waals surface area contributed by atoms with E-state index in [1.807, 2.05) is 0 Å². The average Bonchev–Trinajstić information content (AvgIpc) is 2.71. The fraction of sp³-hybridized carbons (Fsp3) is 0.125. The van der Waals surface area contributed by atoms with Crippen LogP contribution in [0.15, 0.2) is 23.0 Å². The summed E-state index contributed by atoms with van der Waals surface area (Å²) < 4.78 is 6.74. The topological polar surface area (TPSA) is 60.9 Å². The van der Waals surface area contributed by atoms with Gasteiger partial charge in [0.15, 0.2) is 12.0 Å². The molecule has 5 nitrogen and oxygen atoms in total. The van der Waals surface area contributed by atoms with E-state index in [0.717, 1.165) is 5.56 Å². The Morgan fingerprint density at radius 2 is 2.38 bits per heavy atom. The van der Waals surface area contributed by atoms with E-state index in [1.54, 1.807) is 24.1 Å². The Labute approximate surface area is 74.0 Å². The molecule has 2 aromatic rings. The van der Waals surface area contributed by atoms with Gasteiger partial charge in [-0.1, -0.05) is 0 Å². The summed E-state index contributed by atoms with van der Waals surface area (Å²) in [5, 5.41) is 3.96. The molecule has 0 radical (unpaired) electrons. The molecule has 13 heavy (non-hydrogen) atoms. The lowest BCUT2D eigenvalue weighted by Gasteiger charge is -1.85. The molecule has 0 N–H and O–H groups in total. The molecule has 0 saturated carbocycles. The van der Waals surface area contributed by atoms with Gasteiger partial charge in [0.05, 0.1) is 18.0 Å². The van der Waals surface area contributed by atoms with Gasteiger partial charge in [0.1, 0.15) is 0 Å². The van der Waals surface area contributed by atoms with E-state index in [-0.39, 0.29) is 5.76 Å². The van der Waals surface area contributed by atoms with E-state index in [1.165, 1.54) is 6.20 Å². The van der Waals surface area contributed by atoms with Gasteiger partial charge in [-0.3, -0.25) is 9.48 Å². The molecule has 0 fully saturated rings. The van der Waals surface area contributed by atoms with Crippen LogP contribution in [0.1, 0.15) is 10.6 Å². The Morgan fingerprint density at radius 1 is 1.54 bits per heavy atom. The van der Waals surface area contributed by atoms with E-state index in [4.69, 9.17) is 4.42 Å². The average molecular weight is 177 g/mol. The van der Waals surface area contributed by atoms with Crippen LogP contribution in [0.25, 0.3) is 11.5 Å². The first kappa shape index (κ1) is 7.72. The van der Waals surface area contributed by atoms with E-state index < -0.39 is 0 Å². The lowest BCUT2D eigenvalue weighted by atomic mass is 10.4. The Bertz CT molecular complexity index is 430. The predicted molar refractivity (Wildman–Crippen MR) is 44.1 cm³/mol. The summed E-state index contributed by atoms with van der Waals surface area (Å²) in [6.07, 6.45) is 5.39. The van der Waals surface area contributed by atoms with Crippen molar-refractivity contribution in [2.24, 2.45) is 7.05 Å². The summed E-state index contributed by atoms with van der Waals surface area (Å²) in [7, 11) is 1.80. The van der Waals surface area contributed by atoms with Crippen molar-refractivity contribution in [2.75, 3.05) is 0 Å². The van der Waals surface area contributed by atoms with E-state index in [0.29, 0.717) is 12.2 Å². The minimum absolute atomic E-state index is 0.221. The van der Waals surface area contributed by atoms with Crippen molar-refractivity contribution in [3.63, 3.8) is 0 Å². The Balaban J connectivity index is 2.40. The molecule has 0 aliphatic heterocycles. The van der Waals surface area contributed by atoms with Crippen molar-refractivity contribution >= 4 is 6.29 Å². The maximum Gasteiger partial charge on any atom is 0.230 e. The zero-order valence-electron chi connectivity index (χ0n) is 6.97. The summed E-state index contributed by atoms with van der Waals surface area (Å²) in [4.78, 5) is 14.2. The Kier molecular flexibility index (Phi) is 1.70. The molecule has 0 aliphatic carbocycles. The first-order valence-electron chi connectivity index (χ1n) is 3.69. The van der Waals surface area contributed by atoms with Crippen LogP contribution in [0.3, 0.4) is 0 Å². The van der Waals surface area contributed by atoms with Gasteiger partial charge in [-0.05, 0) is 0 Å². The number of oxazole rings is 1. The molecule has 0 aliphatic rings. The summed E-state index contributed by atoms with van der Waals surface area (Å²) in [6, 6.07) is 0. The van der Waals surface area contributed by atoms with Gasteiger partial charge in [0, 0.05) is 13.2 Å². The molecule has 5 heteroatoms. The second kappa shape index (κ2) is 2.85. The summed E-state index contributed by atoms with van der Waals surface area (Å²) in [5.41, 5.74) is 0.760. The summed E-state index contributed by atoms with van der Waals surface area (Å²) in [5.74, 6) is 0.633. The van der Waals surface area contributed by atoms with E-state index >= 15 is 0 Å².